The minimum absolute atomic E-state index is 0.0487. The minimum atomic E-state index is -0.326. The summed E-state index contributed by atoms with van der Waals surface area (Å²) >= 11 is 0. The summed E-state index contributed by atoms with van der Waals surface area (Å²) in [6.07, 6.45) is 3.04. The maximum atomic E-state index is 12.1. The first-order valence-corrected chi connectivity index (χ1v) is 10.2. The monoisotopic (exact) mass is 406 g/mol. The summed E-state index contributed by atoms with van der Waals surface area (Å²) in [5, 5.41) is 20.0. The number of piperidine rings is 1. The van der Waals surface area contributed by atoms with Gasteiger partial charge in [0.1, 0.15) is 5.69 Å². The highest BCUT2D eigenvalue weighted by Crippen LogP contribution is 2.46. The molecule has 3 aromatic rings. The predicted octanol–water partition coefficient (Wildman–Crippen LogP) is 5.05. The fraction of sp³-hybridized carbons (Fsp3) is 0.391. The number of nitro benzene ring substituents is 1. The van der Waals surface area contributed by atoms with E-state index in [0.717, 1.165) is 19.3 Å². The normalized spacial score (nSPS) is 17.8. The molecule has 1 aromatic heterocycles. The van der Waals surface area contributed by atoms with Crippen LogP contribution in [-0.2, 0) is 0 Å². The lowest BCUT2D eigenvalue weighted by Crippen LogP contribution is -2.59. The van der Waals surface area contributed by atoms with Gasteiger partial charge in [-0.25, -0.2) is 5.10 Å². The van der Waals surface area contributed by atoms with Crippen LogP contribution in [0.25, 0.3) is 22.0 Å². The number of nitrogens with zero attached hydrogens (tertiary/aromatic N) is 3. The summed E-state index contributed by atoms with van der Waals surface area (Å²) < 4.78 is 0. The zero-order chi connectivity index (χ0) is 21.7. The van der Waals surface area contributed by atoms with E-state index in [9.17, 15) is 14.9 Å². The number of rotatable bonds is 3. The number of aromatic amines is 1. The molecule has 0 bridgehead atoms. The van der Waals surface area contributed by atoms with Crippen LogP contribution in [0.2, 0.25) is 0 Å². The molecule has 156 valence electrons. The van der Waals surface area contributed by atoms with Crippen molar-refractivity contribution in [1.29, 1.82) is 0 Å². The minimum Gasteiger partial charge on any atom is -0.356 e. The van der Waals surface area contributed by atoms with Crippen molar-refractivity contribution in [3.05, 3.63) is 62.9 Å². The van der Waals surface area contributed by atoms with E-state index in [1.807, 2.05) is 24.3 Å². The van der Waals surface area contributed by atoms with Crippen molar-refractivity contribution in [2.24, 2.45) is 0 Å². The van der Waals surface area contributed by atoms with Crippen molar-refractivity contribution in [3.8, 4) is 11.3 Å². The largest absolute Gasteiger partial charge is 0.356 e. The number of hydrogen-bond donors (Lipinski definition) is 1. The van der Waals surface area contributed by atoms with Gasteiger partial charge in [-0.3, -0.25) is 14.9 Å². The Balaban J connectivity index is 1.92. The third-order valence-electron chi connectivity index (χ3n) is 6.17. The molecule has 7 nitrogen and oxygen atoms in total. The van der Waals surface area contributed by atoms with Gasteiger partial charge in [-0.05, 0) is 59.1 Å². The van der Waals surface area contributed by atoms with E-state index in [-0.39, 0.29) is 27.2 Å². The smallest absolute Gasteiger partial charge is 0.293 e. The Bertz CT molecular complexity index is 1180. The van der Waals surface area contributed by atoms with Gasteiger partial charge in [0.05, 0.1) is 16.0 Å². The van der Waals surface area contributed by atoms with Crippen molar-refractivity contribution in [3.63, 3.8) is 0 Å². The summed E-state index contributed by atoms with van der Waals surface area (Å²) in [5.41, 5.74) is 1.12. The number of nitro groups is 1. The standard InChI is InChI=1S/C23H26N4O3/c1-22(2)12-7-13-23(3,4)26(22)18-11-10-15(14-19(18)27(29)30)20-16-8-5-6-9-17(16)21(28)25-24-20/h5-6,8-11,14H,7,12-13H2,1-4H3,(H,25,28). The summed E-state index contributed by atoms with van der Waals surface area (Å²) in [6.45, 7) is 8.57. The Hall–Kier alpha value is -3.22. The van der Waals surface area contributed by atoms with Gasteiger partial charge in [0.25, 0.3) is 11.2 Å². The lowest BCUT2D eigenvalue weighted by atomic mass is 9.79. The van der Waals surface area contributed by atoms with Gasteiger partial charge < -0.3 is 4.90 Å². The number of anilines is 1. The summed E-state index contributed by atoms with van der Waals surface area (Å²) in [4.78, 5) is 26.1. The molecule has 1 aliphatic rings. The number of hydrogen-bond acceptors (Lipinski definition) is 5. The highest BCUT2D eigenvalue weighted by atomic mass is 16.6. The van der Waals surface area contributed by atoms with E-state index in [2.05, 4.69) is 42.8 Å². The van der Waals surface area contributed by atoms with Gasteiger partial charge in [0.2, 0.25) is 0 Å². The molecule has 0 aliphatic carbocycles. The summed E-state index contributed by atoms with van der Waals surface area (Å²) in [6, 6.07) is 12.4. The Morgan fingerprint density at radius 3 is 2.30 bits per heavy atom. The Morgan fingerprint density at radius 2 is 1.67 bits per heavy atom. The Kier molecular flexibility index (Phi) is 4.64. The molecule has 1 N–H and O–H groups in total. The molecule has 4 rings (SSSR count). The van der Waals surface area contributed by atoms with Gasteiger partial charge in [-0.15, -0.1) is 0 Å². The van der Waals surface area contributed by atoms with Crippen molar-refractivity contribution < 1.29 is 4.92 Å². The fourth-order valence-corrected chi connectivity index (χ4v) is 4.99. The fourth-order valence-electron chi connectivity index (χ4n) is 4.99. The topological polar surface area (TPSA) is 92.1 Å². The third kappa shape index (κ3) is 3.24. The number of nitrogens with one attached hydrogen (secondary N) is 1. The Morgan fingerprint density at radius 1 is 1.03 bits per heavy atom. The van der Waals surface area contributed by atoms with E-state index < -0.39 is 0 Å². The number of benzene rings is 2. The van der Waals surface area contributed by atoms with Gasteiger partial charge in [0.15, 0.2) is 0 Å². The van der Waals surface area contributed by atoms with Crippen molar-refractivity contribution in [2.45, 2.75) is 58.0 Å². The maximum absolute atomic E-state index is 12.1. The van der Waals surface area contributed by atoms with E-state index in [4.69, 9.17) is 0 Å². The van der Waals surface area contributed by atoms with Crippen LogP contribution < -0.4 is 10.5 Å². The van der Waals surface area contributed by atoms with Gasteiger partial charge in [-0.2, -0.15) is 5.10 Å². The second-order valence-electron chi connectivity index (χ2n) is 9.22. The van der Waals surface area contributed by atoms with Crippen LogP contribution in [-0.4, -0.2) is 26.2 Å². The molecule has 0 saturated carbocycles. The highest BCUT2D eigenvalue weighted by molar-refractivity contribution is 5.94. The molecule has 0 amide bonds. The van der Waals surface area contributed by atoms with E-state index in [1.165, 1.54) is 0 Å². The van der Waals surface area contributed by atoms with Crippen LogP contribution in [0.4, 0.5) is 11.4 Å². The second kappa shape index (κ2) is 6.93. The third-order valence-corrected chi connectivity index (χ3v) is 6.17. The molecule has 1 aliphatic heterocycles. The molecule has 2 aromatic carbocycles. The lowest BCUT2D eigenvalue weighted by molar-refractivity contribution is -0.384. The molecule has 0 spiro atoms. The predicted molar refractivity (Wildman–Crippen MR) is 119 cm³/mol. The summed E-state index contributed by atoms with van der Waals surface area (Å²) in [5.74, 6) is 0. The highest BCUT2D eigenvalue weighted by Gasteiger charge is 2.43. The van der Waals surface area contributed by atoms with Crippen LogP contribution >= 0.6 is 0 Å². The van der Waals surface area contributed by atoms with Gasteiger partial charge >= 0.3 is 0 Å². The molecule has 1 fully saturated rings. The Labute approximate surface area is 174 Å². The van der Waals surface area contributed by atoms with Crippen molar-refractivity contribution >= 4 is 22.1 Å². The zero-order valence-corrected chi connectivity index (χ0v) is 17.7. The second-order valence-corrected chi connectivity index (χ2v) is 9.22. The van der Waals surface area contributed by atoms with Crippen LogP contribution in [0.3, 0.4) is 0 Å². The van der Waals surface area contributed by atoms with Gasteiger partial charge in [0, 0.05) is 28.1 Å². The molecule has 2 heterocycles. The molecule has 1 saturated heterocycles. The molecule has 30 heavy (non-hydrogen) atoms. The molecular weight excluding hydrogens is 380 g/mol. The number of aromatic nitrogens is 2. The molecule has 7 heteroatoms. The quantitative estimate of drug-likeness (QED) is 0.486. The van der Waals surface area contributed by atoms with Gasteiger partial charge in [-0.1, -0.05) is 24.3 Å². The SMILES string of the molecule is CC1(C)CCCC(C)(C)N1c1ccc(-c2n[nH]c(=O)c3ccccc23)cc1[N+](=O)[O-]. The first kappa shape index (κ1) is 20.1. The molecular formula is C23H26N4O3. The van der Waals surface area contributed by atoms with Crippen LogP contribution in [0.5, 0.6) is 0 Å². The molecule has 0 unspecified atom stereocenters. The number of H-pyrrole nitrogens is 1. The van der Waals surface area contributed by atoms with E-state index in [0.29, 0.717) is 27.7 Å². The average molecular weight is 406 g/mol. The first-order chi connectivity index (χ1) is 14.1. The first-order valence-electron chi connectivity index (χ1n) is 10.2. The van der Waals surface area contributed by atoms with Crippen LogP contribution in [0.15, 0.2) is 47.3 Å². The van der Waals surface area contributed by atoms with E-state index >= 15 is 0 Å². The molecule has 0 atom stereocenters. The van der Waals surface area contributed by atoms with E-state index in [1.54, 1.807) is 18.2 Å². The van der Waals surface area contributed by atoms with Crippen LogP contribution in [0.1, 0.15) is 47.0 Å². The number of fused-ring (bicyclic) bond motifs is 1. The average Bonchev–Trinajstić information content (AvgIpc) is 2.67. The molecule has 0 radical (unpaired) electrons. The zero-order valence-electron chi connectivity index (χ0n) is 17.7. The van der Waals surface area contributed by atoms with Crippen molar-refractivity contribution in [2.75, 3.05) is 4.90 Å². The van der Waals surface area contributed by atoms with Crippen molar-refractivity contribution in [1.82, 2.24) is 10.2 Å². The lowest BCUT2D eigenvalue weighted by Gasteiger charge is -2.54. The van der Waals surface area contributed by atoms with Crippen LogP contribution in [0, 0.1) is 10.1 Å². The summed E-state index contributed by atoms with van der Waals surface area (Å²) in [7, 11) is 0. The maximum Gasteiger partial charge on any atom is 0.293 e.